The number of nitrogens with zero attached hydrogens (tertiary/aromatic N) is 3. The third-order valence-corrected chi connectivity index (χ3v) is 3.63. The average molecular weight is 281 g/mol. The molecule has 0 saturated heterocycles. The van der Waals surface area contributed by atoms with Crippen molar-refractivity contribution in [3.05, 3.63) is 30.5 Å². The van der Waals surface area contributed by atoms with Crippen molar-refractivity contribution in [1.82, 2.24) is 9.97 Å². The van der Waals surface area contributed by atoms with E-state index in [1.54, 1.807) is 6.20 Å². The predicted octanol–water partition coefficient (Wildman–Crippen LogP) is 2.62. The van der Waals surface area contributed by atoms with Gasteiger partial charge in [0.15, 0.2) is 17.1 Å². The molecule has 0 amide bonds. The zero-order chi connectivity index (χ0) is 14.4. The van der Waals surface area contributed by atoms with Gasteiger partial charge in [-0.1, -0.05) is 0 Å². The van der Waals surface area contributed by atoms with E-state index >= 15 is 0 Å². The molecule has 5 nitrogen and oxygen atoms in total. The monoisotopic (exact) mass is 281 g/mol. The molecule has 1 aliphatic rings. The molecule has 1 aliphatic heterocycles. The van der Waals surface area contributed by atoms with E-state index in [2.05, 4.69) is 14.9 Å². The normalized spacial score (nSPS) is 13.6. The minimum atomic E-state index is 0.574. The first kappa shape index (κ1) is 12.2. The Kier molecular flexibility index (Phi) is 2.60. The van der Waals surface area contributed by atoms with Crippen LogP contribution in [0.5, 0.6) is 11.5 Å². The van der Waals surface area contributed by atoms with Crippen LogP contribution >= 0.6 is 0 Å². The summed E-state index contributed by atoms with van der Waals surface area (Å²) in [6, 6.07) is 7.92. The van der Waals surface area contributed by atoms with Crippen LogP contribution in [-0.4, -0.2) is 37.3 Å². The third-order valence-electron chi connectivity index (χ3n) is 3.63. The molecule has 0 unspecified atom stereocenters. The van der Waals surface area contributed by atoms with Crippen LogP contribution in [0.3, 0.4) is 0 Å². The van der Waals surface area contributed by atoms with Crippen molar-refractivity contribution in [3.8, 4) is 11.5 Å². The van der Waals surface area contributed by atoms with Gasteiger partial charge in [0, 0.05) is 37.1 Å². The van der Waals surface area contributed by atoms with Gasteiger partial charge in [-0.15, -0.1) is 0 Å². The molecule has 3 heterocycles. The SMILES string of the molecule is CN(C)c1c2cc3c(cc2nc2ncccc12)OCCO3. The molecule has 4 rings (SSSR count). The first-order valence-electron chi connectivity index (χ1n) is 6.89. The highest BCUT2D eigenvalue weighted by molar-refractivity contribution is 6.07. The van der Waals surface area contributed by atoms with Gasteiger partial charge in [0.2, 0.25) is 0 Å². The Morgan fingerprint density at radius 1 is 1.05 bits per heavy atom. The van der Waals surface area contributed by atoms with Crippen LogP contribution in [0.15, 0.2) is 30.5 Å². The summed E-state index contributed by atoms with van der Waals surface area (Å²) in [6.45, 7) is 1.16. The Balaban J connectivity index is 2.13. The molecule has 0 aliphatic carbocycles. The molecular weight excluding hydrogens is 266 g/mol. The molecule has 2 aromatic heterocycles. The zero-order valence-electron chi connectivity index (χ0n) is 12.0. The van der Waals surface area contributed by atoms with E-state index in [1.807, 2.05) is 38.4 Å². The van der Waals surface area contributed by atoms with Gasteiger partial charge in [-0.05, 0) is 18.2 Å². The molecule has 0 fully saturated rings. The molecule has 106 valence electrons. The number of anilines is 1. The molecule has 0 bridgehead atoms. The summed E-state index contributed by atoms with van der Waals surface area (Å²) in [6.07, 6.45) is 1.76. The number of rotatable bonds is 1. The molecule has 3 aromatic rings. The molecule has 0 saturated carbocycles. The lowest BCUT2D eigenvalue weighted by molar-refractivity contribution is 0.172. The van der Waals surface area contributed by atoms with E-state index in [4.69, 9.17) is 9.47 Å². The van der Waals surface area contributed by atoms with Crippen molar-refractivity contribution in [2.45, 2.75) is 0 Å². The topological polar surface area (TPSA) is 47.5 Å². The van der Waals surface area contributed by atoms with Gasteiger partial charge in [-0.2, -0.15) is 0 Å². The van der Waals surface area contributed by atoms with Crippen molar-refractivity contribution in [2.24, 2.45) is 0 Å². The lowest BCUT2D eigenvalue weighted by atomic mass is 10.1. The van der Waals surface area contributed by atoms with E-state index in [9.17, 15) is 0 Å². The van der Waals surface area contributed by atoms with Gasteiger partial charge in [0.25, 0.3) is 0 Å². The van der Waals surface area contributed by atoms with Crippen molar-refractivity contribution in [1.29, 1.82) is 0 Å². The standard InChI is InChI=1S/C16H15N3O2/c1-19(2)15-10-4-3-5-17-16(10)18-12-9-14-13(8-11(12)15)20-6-7-21-14/h3-5,8-9H,6-7H2,1-2H3. The summed E-state index contributed by atoms with van der Waals surface area (Å²) in [5, 5.41) is 2.08. The van der Waals surface area contributed by atoms with Gasteiger partial charge in [0.1, 0.15) is 13.2 Å². The van der Waals surface area contributed by atoms with Crippen LogP contribution < -0.4 is 14.4 Å². The van der Waals surface area contributed by atoms with Gasteiger partial charge >= 0.3 is 0 Å². The first-order valence-corrected chi connectivity index (χ1v) is 6.89. The fourth-order valence-electron chi connectivity index (χ4n) is 2.77. The fourth-order valence-corrected chi connectivity index (χ4v) is 2.77. The molecule has 0 N–H and O–H groups in total. The maximum Gasteiger partial charge on any atom is 0.163 e. The van der Waals surface area contributed by atoms with Crippen molar-refractivity contribution >= 4 is 27.6 Å². The number of hydrogen-bond donors (Lipinski definition) is 0. The fraction of sp³-hybridized carbons (Fsp3) is 0.250. The van der Waals surface area contributed by atoms with Crippen molar-refractivity contribution in [3.63, 3.8) is 0 Å². The van der Waals surface area contributed by atoms with Crippen LogP contribution in [0, 0.1) is 0 Å². The predicted molar refractivity (Wildman–Crippen MR) is 82.4 cm³/mol. The number of ether oxygens (including phenoxy) is 2. The third kappa shape index (κ3) is 1.85. The maximum atomic E-state index is 5.69. The number of benzene rings is 1. The number of hydrogen-bond acceptors (Lipinski definition) is 5. The highest BCUT2D eigenvalue weighted by atomic mass is 16.6. The Labute approximate surface area is 122 Å². The number of fused-ring (bicyclic) bond motifs is 3. The molecule has 0 atom stereocenters. The highest BCUT2D eigenvalue weighted by Crippen LogP contribution is 2.39. The van der Waals surface area contributed by atoms with Crippen LogP contribution in [0.4, 0.5) is 5.69 Å². The maximum absolute atomic E-state index is 5.69. The molecule has 1 aromatic carbocycles. The summed E-state index contributed by atoms with van der Waals surface area (Å²) in [7, 11) is 4.05. The average Bonchev–Trinajstić information content (AvgIpc) is 2.50. The van der Waals surface area contributed by atoms with Crippen LogP contribution in [0.1, 0.15) is 0 Å². The van der Waals surface area contributed by atoms with E-state index in [0.29, 0.717) is 13.2 Å². The minimum Gasteiger partial charge on any atom is -0.486 e. The summed E-state index contributed by atoms with van der Waals surface area (Å²) < 4.78 is 11.3. The second kappa shape index (κ2) is 4.48. The number of pyridine rings is 2. The van der Waals surface area contributed by atoms with Crippen LogP contribution in [0.25, 0.3) is 21.9 Å². The molecule has 0 spiro atoms. The quantitative estimate of drug-likeness (QED) is 0.642. The summed E-state index contributed by atoms with van der Waals surface area (Å²) >= 11 is 0. The lowest BCUT2D eigenvalue weighted by Gasteiger charge is -2.22. The van der Waals surface area contributed by atoms with E-state index < -0.39 is 0 Å². The van der Waals surface area contributed by atoms with Gasteiger partial charge in [-0.25, -0.2) is 9.97 Å². The van der Waals surface area contributed by atoms with Crippen LogP contribution in [-0.2, 0) is 0 Å². The summed E-state index contributed by atoms with van der Waals surface area (Å²) in [5.41, 5.74) is 2.71. The largest absolute Gasteiger partial charge is 0.486 e. The van der Waals surface area contributed by atoms with E-state index in [1.165, 1.54) is 0 Å². The Morgan fingerprint density at radius 2 is 1.81 bits per heavy atom. The number of aromatic nitrogens is 2. The van der Waals surface area contributed by atoms with Crippen molar-refractivity contribution < 1.29 is 9.47 Å². The highest BCUT2D eigenvalue weighted by Gasteiger charge is 2.18. The molecule has 5 heteroatoms. The molecule has 21 heavy (non-hydrogen) atoms. The van der Waals surface area contributed by atoms with Crippen molar-refractivity contribution in [2.75, 3.05) is 32.2 Å². The van der Waals surface area contributed by atoms with E-state index in [-0.39, 0.29) is 0 Å². The lowest BCUT2D eigenvalue weighted by Crippen LogP contribution is -2.16. The van der Waals surface area contributed by atoms with E-state index in [0.717, 1.165) is 39.1 Å². The van der Waals surface area contributed by atoms with Gasteiger partial charge in [-0.3, -0.25) is 0 Å². The molecular formula is C16H15N3O2. The minimum absolute atomic E-state index is 0.574. The van der Waals surface area contributed by atoms with Gasteiger partial charge in [0.05, 0.1) is 11.2 Å². The Morgan fingerprint density at radius 3 is 2.57 bits per heavy atom. The Bertz CT molecular complexity index is 846. The Hall–Kier alpha value is -2.56. The smallest absolute Gasteiger partial charge is 0.163 e. The second-order valence-corrected chi connectivity index (χ2v) is 5.24. The molecule has 0 radical (unpaired) electrons. The summed E-state index contributed by atoms with van der Waals surface area (Å²) in [5.74, 6) is 1.53. The summed E-state index contributed by atoms with van der Waals surface area (Å²) in [4.78, 5) is 11.1. The van der Waals surface area contributed by atoms with Crippen LogP contribution in [0.2, 0.25) is 0 Å². The zero-order valence-corrected chi connectivity index (χ0v) is 12.0. The van der Waals surface area contributed by atoms with Gasteiger partial charge < -0.3 is 14.4 Å². The first-order chi connectivity index (χ1) is 10.2. The second-order valence-electron chi connectivity index (χ2n) is 5.24.